The van der Waals surface area contributed by atoms with Gasteiger partial charge in [-0.25, -0.2) is 0 Å². The Hall–Kier alpha value is -1.23. The third-order valence-electron chi connectivity index (χ3n) is 2.17. The summed E-state index contributed by atoms with van der Waals surface area (Å²) in [5.74, 6) is 6.30. The maximum atomic E-state index is 5.99. The van der Waals surface area contributed by atoms with Crippen molar-refractivity contribution in [1.82, 2.24) is 4.90 Å². The molecule has 0 aliphatic heterocycles. The molecular formula is C15H18ClN. The van der Waals surface area contributed by atoms with Gasteiger partial charge in [-0.3, -0.25) is 4.90 Å². The first-order chi connectivity index (χ1) is 8.13. The van der Waals surface area contributed by atoms with Crippen molar-refractivity contribution in [2.24, 2.45) is 0 Å². The molecule has 1 rings (SSSR count). The minimum absolute atomic E-state index is 0.729. The topological polar surface area (TPSA) is 3.24 Å². The van der Waals surface area contributed by atoms with Crippen LogP contribution in [-0.4, -0.2) is 25.5 Å². The van der Waals surface area contributed by atoms with Crippen LogP contribution in [-0.2, 0) is 0 Å². The standard InChI is InChI=1S/C15H18ClN/c1-4-5-7-13-9-10-15(16)12-14(13)8-6-11-17(2)3/h5,7,9-10,12H,4,11H2,1-3H3/b7-5+. The number of nitrogens with zero attached hydrogens (tertiary/aromatic N) is 1. The van der Waals surface area contributed by atoms with E-state index in [1.807, 2.05) is 37.2 Å². The van der Waals surface area contributed by atoms with E-state index in [0.717, 1.165) is 29.1 Å². The quantitative estimate of drug-likeness (QED) is 0.737. The van der Waals surface area contributed by atoms with Crippen molar-refractivity contribution in [3.63, 3.8) is 0 Å². The van der Waals surface area contributed by atoms with Crippen molar-refractivity contribution < 1.29 is 0 Å². The zero-order chi connectivity index (χ0) is 12.7. The number of rotatable bonds is 3. The van der Waals surface area contributed by atoms with Crippen LogP contribution in [0.25, 0.3) is 6.08 Å². The molecular weight excluding hydrogens is 230 g/mol. The summed E-state index contributed by atoms with van der Waals surface area (Å²) in [5, 5.41) is 0.729. The van der Waals surface area contributed by atoms with Gasteiger partial charge in [0.1, 0.15) is 0 Å². The van der Waals surface area contributed by atoms with E-state index in [4.69, 9.17) is 11.6 Å². The molecule has 0 saturated heterocycles. The van der Waals surface area contributed by atoms with Gasteiger partial charge < -0.3 is 0 Å². The molecule has 0 radical (unpaired) electrons. The lowest BCUT2D eigenvalue weighted by molar-refractivity contribution is 0.464. The summed E-state index contributed by atoms with van der Waals surface area (Å²) in [7, 11) is 4.01. The van der Waals surface area contributed by atoms with Gasteiger partial charge in [0.25, 0.3) is 0 Å². The molecule has 0 aliphatic carbocycles. The molecule has 0 aliphatic rings. The molecule has 1 aromatic rings. The van der Waals surface area contributed by atoms with Crippen LogP contribution < -0.4 is 0 Å². The monoisotopic (exact) mass is 247 g/mol. The summed E-state index contributed by atoms with van der Waals surface area (Å²) in [6, 6.07) is 5.82. The minimum atomic E-state index is 0.729. The van der Waals surface area contributed by atoms with Gasteiger partial charge in [-0.1, -0.05) is 48.6 Å². The second-order valence-corrected chi connectivity index (χ2v) is 4.52. The molecule has 0 heterocycles. The molecule has 0 saturated carbocycles. The van der Waals surface area contributed by atoms with E-state index in [9.17, 15) is 0 Å². The Morgan fingerprint density at radius 3 is 2.76 bits per heavy atom. The van der Waals surface area contributed by atoms with Crippen molar-refractivity contribution in [3.05, 3.63) is 40.4 Å². The number of hydrogen-bond acceptors (Lipinski definition) is 1. The maximum Gasteiger partial charge on any atom is 0.0600 e. The molecule has 0 spiro atoms. The molecule has 0 bridgehead atoms. The lowest BCUT2D eigenvalue weighted by atomic mass is 10.1. The van der Waals surface area contributed by atoms with Crippen molar-refractivity contribution in [2.75, 3.05) is 20.6 Å². The summed E-state index contributed by atoms with van der Waals surface area (Å²) in [5.41, 5.74) is 2.12. The van der Waals surface area contributed by atoms with Gasteiger partial charge in [-0.05, 0) is 38.2 Å². The maximum absolute atomic E-state index is 5.99. The number of allylic oxidation sites excluding steroid dienone is 1. The molecule has 0 fully saturated rings. The third kappa shape index (κ3) is 5.08. The van der Waals surface area contributed by atoms with Gasteiger partial charge in [-0.15, -0.1) is 0 Å². The predicted molar refractivity (Wildman–Crippen MR) is 76.2 cm³/mol. The third-order valence-corrected chi connectivity index (χ3v) is 2.40. The summed E-state index contributed by atoms with van der Waals surface area (Å²) in [6.07, 6.45) is 5.24. The molecule has 1 aromatic carbocycles. The molecule has 17 heavy (non-hydrogen) atoms. The fourth-order valence-corrected chi connectivity index (χ4v) is 1.49. The Labute approximate surface area is 109 Å². The Bertz CT molecular complexity index is 450. The van der Waals surface area contributed by atoms with Crippen molar-refractivity contribution >= 4 is 17.7 Å². The first kappa shape index (κ1) is 13.8. The highest BCUT2D eigenvalue weighted by Crippen LogP contribution is 2.16. The minimum Gasteiger partial charge on any atom is -0.299 e. The Kier molecular flexibility index (Phi) is 5.83. The lowest BCUT2D eigenvalue weighted by Gasteiger charge is -2.02. The van der Waals surface area contributed by atoms with Crippen LogP contribution in [0.2, 0.25) is 5.02 Å². The molecule has 0 aromatic heterocycles. The summed E-state index contributed by atoms with van der Waals surface area (Å²) < 4.78 is 0. The Morgan fingerprint density at radius 1 is 1.35 bits per heavy atom. The zero-order valence-corrected chi connectivity index (χ0v) is 11.4. The van der Waals surface area contributed by atoms with Gasteiger partial charge in [0, 0.05) is 10.6 Å². The summed E-state index contributed by atoms with van der Waals surface area (Å²) in [4.78, 5) is 2.04. The smallest absolute Gasteiger partial charge is 0.0600 e. The Balaban J connectivity index is 2.97. The van der Waals surface area contributed by atoms with Crippen LogP contribution in [0.3, 0.4) is 0 Å². The van der Waals surface area contributed by atoms with E-state index in [1.54, 1.807) is 0 Å². The normalized spacial score (nSPS) is 10.6. The van der Waals surface area contributed by atoms with Gasteiger partial charge in [0.15, 0.2) is 0 Å². The van der Waals surface area contributed by atoms with Gasteiger partial charge >= 0.3 is 0 Å². The van der Waals surface area contributed by atoms with Crippen molar-refractivity contribution in [1.29, 1.82) is 0 Å². The van der Waals surface area contributed by atoms with Crippen LogP contribution >= 0.6 is 11.6 Å². The van der Waals surface area contributed by atoms with Crippen molar-refractivity contribution in [2.45, 2.75) is 13.3 Å². The second-order valence-electron chi connectivity index (χ2n) is 4.08. The largest absolute Gasteiger partial charge is 0.299 e. The fraction of sp³-hybridized carbons (Fsp3) is 0.333. The average molecular weight is 248 g/mol. The van der Waals surface area contributed by atoms with Crippen molar-refractivity contribution in [3.8, 4) is 11.8 Å². The molecule has 0 amide bonds. The number of benzene rings is 1. The van der Waals surface area contributed by atoms with E-state index in [1.165, 1.54) is 0 Å². The first-order valence-corrected chi connectivity index (χ1v) is 6.11. The number of halogens is 1. The van der Waals surface area contributed by atoms with E-state index in [-0.39, 0.29) is 0 Å². The van der Waals surface area contributed by atoms with Gasteiger partial charge in [-0.2, -0.15) is 0 Å². The van der Waals surface area contributed by atoms with Crippen LogP contribution in [0.15, 0.2) is 24.3 Å². The zero-order valence-electron chi connectivity index (χ0n) is 10.6. The molecule has 0 unspecified atom stereocenters. The summed E-state index contributed by atoms with van der Waals surface area (Å²) >= 11 is 5.99. The van der Waals surface area contributed by atoms with E-state index in [0.29, 0.717) is 0 Å². The molecule has 0 atom stereocenters. The average Bonchev–Trinajstić information content (AvgIpc) is 2.27. The van der Waals surface area contributed by atoms with Crippen LogP contribution in [0.5, 0.6) is 0 Å². The van der Waals surface area contributed by atoms with Crippen LogP contribution in [0, 0.1) is 11.8 Å². The highest BCUT2D eigenvalue weighted by Gasteiger charge is 1.97. The SMILES string of the molecule is CC/C=C/c1ccc(Cl)cc1C#CCN(C)C. The highest BCUT2D eigenvalue weighted by molar-refractivity contribution is 6.30. The van der Waals surface area contributed by atoms with Gasteiger partial charge in [0.2, 0.25) is 0 Å². The predicted octanol–water partition coefficient (Wildman–Crippen LogP) is 3.68. The molecule has 1 nitrogen and oxygen atoms in total. The summed E-state index contributed by atoms with van der Waals surface area (Å²) in [6.45, 7) is 2.87. The lowest BCUT2D eigenvalue weighted by Crippen LogP contribution is -2.10. The first-order valence-electron chi connectivity index (χ1n) is 5.73. The van der Waals surface area contributed by atoms with Gasteiger partial charge in [0.05, 0.1) is 6.54 Å². The van der Waals surface area contributed by atoms with E-state index in [2.05, 4.69) is 30.9 Å². The Morgan fingerprint density at radius 2 is 2.12 bits per heavy atom. The fourth-order valence-electron chi connectivity index (χ4n) is 1.32. The van der Waals surface area contributed by atoms with E-state index >= 15 is 0 Å². The molecule has 90 valence electrons. The number of hydrogen-bond donors (Lipinski definition) is 0. The highest BCUT2D eigenvalue weighted by atomic mass is 35.5. The molecule has 0 N–H and O–H groups in total. The van der Waals surface area contributed by atoms with E-state index < -0.39 is 0 Å². The second kappa shape index (κ2) is 7.17. The molecule has 2 heteroatoms. The van der Waals surface area contributed by atoms with Crippen LogP contribution in [0.1, 0.15) is 24.5 Å². The van der Waals surface area contributed by atoms with Crippen LogP contribution in [0.4, 0.5) is 0 Å².